The number of hydrogen-bond donors (Lipinski definition) is 3. The maximum atomic E-state index is 12.9. The molecule has 0 atom stereocenters. The first-order valence-electron chi connectivity index (χ1n) is 12.3. The molecule has 1 aromatic carbocycles. The van der Waals surface area contributed by atoms with E-state index < -0.39 is 5.91 Å². The van der Waals surface area contributed by atoms with E-state index in [1.54, 1.807) is 7.11 Å². The molecule has 3 aromatic rings. The van der Waals surface area contributed by atoms with Gasteiger partial charge in [0, 0.05) is 23.9 Å². The molecule has 1 amide bonds. The van der Waals surface area contributed by atoms with Crippen LogP contribution in [0.25, 0.3) is 11.0 Å². The van der Waals surface area contributed by atoms with Crippen molar-refractivity contribution in [3.63, 3.8) is 0 Å². The fourth-order valence-electron chi connectivity index (χ4n) is 4.63. The van der Waals surface area contributed by atoms with Gasteiger partial charge < -0.3 is 20.8 Å². The summed E-state index contributed by atoms with van der Waals surface area (Å²) in [6.07, 6.45) is 5.94. The summed E-state index contributed by atoms with van der Waals surface area (Å²) in [6, 6.07) is 7.45. The van der Waals surface area contributed by atoms with Crippen LogP contribution in [0.15, 0.2) is 24.3 Å². The highest BCUT2D eigenvalue weighted by Crippen LogP contribution is 2.49. The lowest BCUT2D eigenvalue weighted by Gasteiger charge is -2.23. The number of nitrogens with one attached hydrogen (secondary N) is 2. The molecule has 5 rings (SSSR count). The van der Waals surface area contributed by atoms with Crippen molar-refractivity contribution in [1.29, 1.82) is 0 Å². The summed E-state index contributed by atoms with van der Waals surface area (Å²) in [5, 5.41) is 3.55. The highest BCUT2D eigenvalue weighted by Gasteiger charge is 2.43. The number of piperidine rings is 1. The molecule has 4 N–H and O–H groups in total. The normalized spacial score (nSPS) is 17.1. The van der Waals surface area contributed by atoms with Gasteiger partial charge in [0.05, 0.1) is 24.1 Å². The molecule has 0 unspecified atom stereocenters. The number of nitrogen functional groups attached to an aromatic ring is 1. The lowest BCUT2D eigenvalue weighted by Crippen LogP contribution is -2.29. The van der Waals surface area contributed by atoms with Crippen LogP contribution in [0.5, 0.6) is 0 Å². The largest absolute Gasteiger partial charge is 0.383 e. The molecule has 0 bridgehead atoms. The van der Waals surface area contributed by atoms with Crippen LogP contribution in [0.2, 0.25) is 0 Å². The number of nitrogens with zero attached hydrogens (tertiary/aromatic N) is 3. The quantitative estimate of drug-likeness (QED) is 0.471. The average molecular weight is 473 g/mol. The first kappa shape index (κ1) is 23.3. The van der Waals surface area contributed by atoms with E-state index in [4.69, 9.17) is 10.5 Å². The Kier molecular flexibility index (Phi) is 6.46. The second kappa shape index (κ2) is 9.68. The van der Waals surface area contributed by atoms with Crippen molar-refractivity contribution in [3.8, 4) is 11.8 Å². The number of fused-ring (bicyclic) bond motifs is 1. The minimum absolute atomic E-state index is 0.0255. The molecular formula is C27H32N6O2. The van der Waals surface area contributed by atoms with Crippen molar-refractivity contribution in [2.75, 3.05) is 37.8 Å². The number of amides is 1. The van der Waals surface area contributed by atoms with E-state index in [-0.39, 0.29) is 17.1 Å². The Morgan fingerprint density at radius 3 is 2.63 bits per heavy atom. The number of anilines is 2. The van der Waals surface area contributed by atoms with Crippen molar-refractivity contribution < 1.29 is 9.53 Å². The van der Waals surface area contributed by atoms with Gasteiger partial charge >= 0.3 is 0 Å². The second-order valence-corrected chi connectivity index (χ2v) is 9.81. The van der Waals surface area contributed by atoms with Crippen LogP contribution in [0.3, 0.4) is 0 Å². The van der Waals surface area contributed by atoms with E-state index in [0.29, 0.717) is 23.3 Å². The van der Waals surface area contributed by atoms with E-state index in [0.717, 1.165) is 49.3 Å². The molecule has 2 aromatic heterocycles. The number of aromatic nitrogens is 3. The first-order valence-corrected chi connectivity index (χ1v) is 12.3. The molecule has 182 valence electrons. The van der Waals surface area contributed by atoms with E-state index >= 15 is 0 Å². The average Bonchev–Trinajstić information content (AvgIpc) is 3.49. The monoisotopic (exact) mass is 472 g/mol. The Bertz CT molecular complexity index is 1290. The van der Waals surface area contributed by atoms with Gasteiger partial charge in [-0.25, -0.2) is 9.97 Å². The number of aromatic amines is 1. The SMILES string of the molecule is COCc1ccc(NC(=O)c2nc(N)c3c(C#CCN4CCCCC4)c(C4(C)CC4)[nH]c3n2)cc1. The molecule has 0 spiro atoms. The van der Waals surface area contributed by atoms with Gasteiger partial charge in [-0.1, -0.05) is 37.3 Å². The summed E-state index contributed by atoms with van der Waals surface area (Å²) in [4.78, 5) is 27.6. The molecule has 3 heterocycles. The van der Waals surface area contributed by atoms with Crippen molar-refractivity contribution in [2.24, 2.45) is 0 Å². The van der Waals surface area contributed by atoms with Gasteiger partial charge in [-0.15, -0.1) is 0 Å². The molecule has 35 heavy (non-hydrogen) atoms. The van der Waals surface area contributed by atoms with Crippen LogP contribution in [0.1, 0.15) is 66.5 Å². The fraction of sp³-hybridized carbons (Fsp3) is 0.444. The molecule has 8 nitrogen and oxygen atoms in total. The smallest absolute Gasteiger partial charge is 0.293 e. The van der Waals surface area contributed by atoms with Gasteiger partial charge in [0.2, 0.25) is 5.82 Å². The third kappa shape index (κ3) is 5.02. The van der Waals surface area contributed by atoms with Gasteiger partial charge in [-0.2, -0.15) is 0 Å². The second-order valence-electron chi connectivity index (χ2n) is 9.81. The van der Waals surface area contributed by atoms with Crippen molar-refractivity contribution in [1.82, 2.24) is 19.9 Å². The summed E-state index contributed by atoms with van der Waals surface area (Å²) < 4.78 is 5.13. The predicted molar refractivity (Wildman–Crippen MR) is 137 cm³/mol. The van der Waals surface area contributed by atoms with Crippen LogP contribution in [0.4, 0.5) is 11.5 Å². The lowest BCUT2D eigenvalue weighted by molar-refractivity contribution is 0.101. The number of ether oxygens (including phenoxy) is 1. The molecule has 2 aliphatic rings. The highest BCUT2D eigenvalue weighted by atomic mass is 16.5. The number of H-pyrrole nitrogens is 1. The molecule has 2 fully saturated rings. The zero-order chi connectivity index (χ0) is 24.4. The predicted octanol–water partition coefficient (Wildman–Crippen LogP) is 3.83. The number of carbonyl (C=O) groups is 1. The molecular weight excluding hydrogens is 440 g/mol. The van der Waals surface area contributed by atoms with Gasteiger partial charge in [0.25, 0.3) is 5.91 Å². The zero-order valence-corrected chi connectivity index (χ0v) is 20.4. The van der Waals surface area contributed by atoms with Crippen LogP contribution in [0, 0.1) is 11.8 Å². The maximum absolute atomic E-state index is 12.9. The standard InChI is InChI=1S/C27H32N6O2/c1-27(12-13-27)22-20(7-6-16-33-14-4-3-5-15-33)21-23(28)31-25(32-24(21)30-22)26(34)29-19-10-8-18(9-11-19)17-35-2/h8-11H,3-5,12-17H2,1-2H3,(H,29,34)(H3,28,30,31,32). The number of rotatable bonds is 6. The van der Waals surface area contributed by atoms with E-state index in [2.05, 4.69) is 43.9 Å². The molecule has 1 saturated carbocycles. The number of benzene rings is 1. The fourth-order valence-corrected chi connectivity index (χ4v) is 4.63. The highest BCUT2D eigenvalue weighted by molar-refractivity contribution is 6.04. The van der Waals surface area contributed by atoms with Crippen LogP contribution in [-0.4, -0.2) is 52.5 Å². The third-order valence-corrected chi connectivity index (χ3v) is 6.97. The Morgan fingerprint density at radius 2 is 1.94 bits per heavy atom. The summed E-state index contributed by atoms with van der Waals surface area (Å²) in [5.74, 6) is 6.62. The van der Waals surface area contributed by atoms with Crippen molar-refractivity contribution >= 4 is 28.4 Å². The number of hydrogen-bond acceptors (Lipinski definition) is 6. The van der Waals surface area contributed by atoms with Crippen LogP contribution in [-0.2, 0) is 16.8 Å². The molecule has 1 aliphatic heterocycles. The van der Waals surface area contributed by atoms with Crippen molar-refractivity contribution in [3.05, 3.63) is 46.9 Å². The van der Waals surface area contributed by atoms with Gasteiger partial charge in [0.1, 0.15) is 11.5 Å². The Balaban J connectivity index is 1.42. The summed E-state index contributed by atoms with van der Waals surface area (Å²) in [6.45, 7) is 5.69. The minimum atomic E-state index is -0.412. The minimum Gasteiger partial charge on any atom is -0.383 e. The van der Waals surface area contributed by atoms with Crippen LogP contribution < -0.4 is 11.1 Å². The Morgan fingerprint density at radius 1 is 1.20 bits per heavy atom. The topological polar surface area (TPSA) is 109 Å². The molecule has 1 saturated heterocycles. The van der Waals surface area contributed by atoms with E-state index in [1.165, 1.54) is 19.3 Å². The first-order chi connectivity index (χ1) is 17.0. The zero-order valence-electron chi connectivity index (χ0n) is 20.4. The van der Waals surface area contributed by atoms with E-state index in [1.807, 2.05) is 24.3 Å². The molecule has 8 heteroatoms. The summed E-state index contributed by atoms with van der Waals surface area (Å²) in [7, 11) is 1.65. The Labute approximate surface area is 205 Å². The summed E-state index contributed by atoms with van der Waals surface area (Å²) >= 11 is 0. The lowest BCUT2D eigenvalue weighted by atomic mass is 10.00. The number of methoxy groups -OCH3 is 1. The number of carbonyl (C=O) groups excluding carboxylic acids is 1. The summed E-state index contributed by atoms with van der Waals surface area (Å²) in [5.41, 5.74) is 10.6. The van der Waals surface area contributed by atoms with E-state index in [9.17, 15) is 4.79 Å². The molecule has 1 aliphatic carbocycles. The van der Waals surface area contributed by atoms with Gasteiger partial charge in [0.15, 0.2) is 0 Å². The number of nitrogens with two attached hydrogens (primary N) is 1. The van der Waals surface area contributed by atoms with Crippen molar-refractivity contribution in [2.45, 2.75) is 51.0 Å². The maximum Gasteiger partial charge on any atom is 0.293 e. The molecule has 0 radical (unpaired) electrons. The van der Waals surface area contributed by atoms with Gasteiger partial charge in [-0.05, 0) is 56.5 Å². The number of likely N-dealkylation sites (tertiary alicyclic amines) is 1. The third-order valence-electron chi connectivity index (χ3n) is 6.97. The van der Waals surface area contributed by atoms with Crippen LogP contribution >= 0.6 is 0 Å². The Hall–Kier alpha value is -3.41. The van der Waals surface area contributed by atoms with Gasteiger partial charge in [-0.3, -0.25) is 9.69 Å².